The Bertz CT molecular complexity index is 970. The van der Waals surface area contributed by atoms with Gasteiger partial charge in [-0.15, -0.1) is 0 Å². The Kier molecular flexibility index (Phi) is 4.85. The number of carbonyl (C=O) groups is 2. The molecule has 3 N–H and O–H groups in total. The smallest absolute Gasteiger partial charge is 0.310 e. The van der Waals surface area contributed by atoms with E-state index in [0.717, 1.165) is 57.9 Å². The molecule has 1 amide bonds. The van der Waals surface area contributed by atoms with Gasteiger partial charge in [-0.1, -0.05) is 12.1 Å². The highest BCUT2D eigenvalue weighted by Crippen LogP contribution is 2.74. The van der Waals surface area contributed by atoms with Crippen LogP contribution in [0.3, 0.4) is 0 Å². The van der Waals surface area contributed by atoms with E-state index < -0.39 is 17.0 Å². The third-order valence-electron chi connectivity index (χ3n) is 9.92. The Labute approximate surface area is 195 Å². The summed E-state index contributed by atoms with van der Waals surface area (Å²) < 4.78 is 0. The molecule has 0 unspecified atom stereocenters. The quantitative estimate of drug-likeness (QED) is 0.644. The van der Waals surface area contributed by atoms with Gasteiger partial charge in [0.15, 0.2) is 0 Å². The Morgan fingerprint density at radius 3 is 2.42 bits per heavy atom. The number of benzene rings is 1. The van der Waals surface area contributed by atoms with Crippen LogP contribution in [0.1, 0.15) is 81.3 Å². The molecule has 0 bridgehead atoms. The highest BCUT2D eigenvalue weighted by atomic mass is 16.4. The number of hydrogen-bond acceptors (Lipinski definition) is 4. The van der Waals surface area contributed by atoms with Crippen molar-refractivity contribution in [1.82, 2.24) is 4.90 Å². The zero-order chi connectivity index (χ0) is 22.8. The summed E-state index contributed by atoms with van der Waals surface area (Å²) in [6.45, 7) is 2.23. The minimum atomic E-state index is -1.12. The van der Waals surface area contributed by atoms with Crippen LogP contribution >= 0.6 is 0 Å². The van der Waals surface area contributed by atoms with Gasteiger partial charge in [0.05, 0.1) is 5.41 Å². The minimum Gasteiger partial charge on any atom is -0.481 e. The predicted molar refractivity (Wildman–Crippen MR) is 125 cm³/mol. The van der Waals surface area contributed by atoms with E-state index in [4.69, 9.17) is 0 Å². The van der Waals surface area contributed by atoms with Crippen molar-refractivity contribution in [3.8, 4) is 0 Å². The van der Waals surface area contributed by atoms with Gasteiger partial charge in [0.25, 0.3) is 5.91 Å². The number of hydrogen-bond donors (Lipinski definition) is 3. The highest BCUT2D eigenvalue weighted by molar-refractivity contribution is 5.88. The predicted octanol–water partition coefficient (Wildman–Crippen LogP) is 3.93. The third-order valence-corrected chi connectivity index (χ3v) is 9.92. The van der Waals surface area contributed by atoms with Gasteiger partial charge in [-0.05, 0) is 105 Å². The summed E-state index contributed by atoms with van der Waals surface area (Å²) in [5.74, 6) is -0.00468. The fraction of sp³-hybridized carbons (Fsp3) is 0.704. The molecule has 1 saturated heterocycles. The van der Waals surface area contributed by atoms with Crippen LogP contribution in [0.5, 0.6) is 0 Å². The van der Waals surface area contributed by atoms with Crippen LogP contribution in [-0.2, 0) is 16.0 Å². The number of carboxylic acid groups (broad SMARTS) is 1. The summed E-state index contributed by atoms with van der Waals surface area (Å²) >= 11 is 0. The molecule has 178 valence electrons. The lowest BCUT2D eigenvalue weighted by molar-refractivity contribution is -0.150. The average Bonchev–Trinajstić information content (AvgIpc) is 3.75. The average molecular weight is 453 g/mol. The van der Waals surface area contributed by atoms with E-state index in [2.05, 4.69) is 23.5 Å². The first-order valence-electron chi connectivity index (χ1n) is 13.0. The molecular weight excluding hydrogens is 416 g/mol. The highest BCUT2D eigenvalue weighted by Gasteiger charge is 2.74. The van der Waals surface area contributed by atoms with E-state index in [0.29, 0.717) is 31.8 Å². The van der Waals surface area contributed by atoms with Crippen molar-refractivity contribution in [3.05, 3.63) is 29.3 Å². The van der Waals surface area contributed by atoms with Crippen molar-refractivity contribution < 1.29 is 19.8 Å². The number of fused-ring (bicyclic) bond motifs is 1. The van der Waals surface area contributed by atoms with Crippen molar-refractivity contribution in [2.24, 2.45) is 16.7 Å². The molecule has 1 atom stereocenters. The molecule has 2 heterocycles. The molecule has 2 aliphatic heterocycles. The van der Waals surface area contributed by atoms with E-state index in [1.807, 2.05) is 0 Å². The first kappa shape index (κ1) is 21.5. The number of anilines is 1. The van der Waals surface area contributed by atoms with Gasteiger partial charge >= 0.3 is 5.97 Å². The van der Waals surface area contributed by atoms with Crippen LogP contribution in [0.2, 0.25) is 0 Å². The fourth-order valence-corrected chi connectivity index (χ4v) is 7.58. The standard InChI is InChI=1S/C27H36N2O4/c30-23(26(33)9-10-26)29-14-11-25(12-15-29)17-27(25,24(31)32)21-7-5-18(6-8-21)20-4-3-19-2-1-13-28-22(19)16-20/h3-4,16,18,21,28,33H,1-2,5-15,17H2,(H,31,32)/t18?,21?,27-/m0/s1. The topological polar surface area (TPSA) is 89.9 Å². The molecule has 3 saturated carbocycles. The monoisotopic (exact) mass is 452 g/mol. The Morgan fingerprint density at radius 1 is 1.03 bits per heavy atom. The molecule has 6 rings (SSSR count). The van der Waals surface area contributed by atoms with Gasteiger partial charge in [-0.2, -0.15) is 0 Å². The molecule has 1 spiro atoms. The SMILES string of the molecule is O=C(N1CCC2(CC1)C[C@@]2(C(=O)O)C1CCC(c2ccc3c(c2)NCCC3)CC1)C1(O)CC1. The van der Waals surface area contributed by atoms with E-state index in [1.165, 1.54) is 23.2 Å². The lowest BCUT2D eigenvalue weighted by atomic mass is 9.68. The number of aliphatic hydroxyl groups is 1. The summed E-state index contributed by atoms with van der Waals surface area (Å²) in [6.07, 6.45) is 9.85. The molecule has 6 heteroatoms. The number of likely N-dealkylation sites (tertiary alicyclic amines) is 1. The maximum absolute atomic E-state index is 12.6. The van der Waals surface area contributed by atoms with Gasteiger partial charge in [0, 0.05) is 25.3 Å². The van der Waals surface area contributed by atoms with Gasteiger partial charge < -0.3 is 20.4 Å². The number of aliphatic carboxylic acids is 1. The van der Waals surface area contributed by atoms with Crippen molar-refractivity contribution in [2.75, 3.05) is 25.0 Å². The van der Waals surface area contributed by atoms with Crippen molar-refractivity contribution in [1.29, 1.82) is 0 Å². The molecule has 1 aromatic rings. The fourth-order valence-electron chi connectivity index (χ4n) is 7.58. The summed E-state index contributed by atoms with van der Waals surface area (Å²) in [7, 11) is 0. The first-order valence-corrected chi connectivity index (χ1v) is 13.0. The number of piperidine rings is 1. The van der Waals surface area contributed by atoms with Crippen LogP contribution in [0, 0.1) is 16.7 Å². The normalized spacial score (nSPS) is 33.7. The molecule has 1 aromatic carbocycles. The van der Waals surface area contributed by atoms with E-state index in [1.54, 1.807) is 4.90 Å². The van der Waals surface area contributed by atoms with Gasteiger partial charge in [-0.3, -0.25) is 9.59 Å². The number of amides is 1. The number of rotatable bonds is 4. The van der Waals surface area contributed by atoms with Crippen LogP contribution in [-0.4, -0.2) is 52.2 Å². The van der Waals surface area contributed by atoms with Crippen LogP contribution < -0.4 is 5.32 Å². The summed E-state index contributed by atoms with van der Waals surface area (Å²) in [5, 5.41) is 24.1. The van der Waals surface area contributed by atoms with Crippen LogP contribution in [0.25, 0.3) is 0 Å². The third kappa shape index (κ3) is 3.31. The molecular formula is C27H36N2O4. The molecule has 5 aliphatic rings. The largest absolute Gasteiger partial charge is 0.481 e. The lowest BCUT2D eigenvalue weighted by Crippen LogP contribution is -2.47. The van der Waals surface area contributed by atoms with Gasteiger partial charge in [-0.25, -0.2) is 0 Å². The number of aryl methyl sites for hydroxylation is 1. The lowest BCUT2D eigenvalue weighted by Gasteiger charge is -2.39. The molecule has 4 fully saturated rings. The van der Waals surface area contributed by atoms with Crippen molar-refractivity contribution >= 4 is 17.6 Å². The Morgan fingerprint density at radius 2 is 1.76 bits per heavy atom. The molecule has 0 aromatic heterocycles. The van der Waals surface area contributed by atoms with E-state index in [9.17, 15) is 19.8 Å². The van der Waals surface area contributed by atoms with Crippen molar-refractivity contribution in [2.45, 2.75) is 82.1 Å². The number of nitrogens with zero attached hydrogens (tertiary/aromatic N) is 1. The van der Waals surface area contributed by atoms with E-state index in [-0.39, 0.29) is 17.2 Å². The second-order valence-corrected chi connectivity index (χ2v) is 11.6. The first-order chi connectivity index (χ1) is 15.9. The van der Waals surface area contributed by atoms with E-state index >= 15 is 0 Å². The minimum absolute atomic E-state index is 0.140. The molecule has 0 radical (unpaired) electrons. The molecule has 3 aliphatic carbocycles. The maximum atomic E-state index is 12.6. The summed E-state index contributed by atoms with van der Waals surface area (Å²) in [5.41, 5.74) is 2.23. The second-order valence-electron chi connectivity index (χ2n) is 11.6. The van der Waals surface area contributed by atoms with Crippen LogP contribution in [0.15, 0.2) is 18.2 Å². The van der Waals surface area contributed by atoms with Gasteiger partial charge in [0.2, 0.25) is 0 Å². The second kappa shape index (κ2) is 7.46. The molecule has 33 heavy (non-hydrogen) atoms. The Hall–Kier alpha value is -2.08. The molecule has 6 nitrogen and oxygen atoms in total. The zero-order valence-corrected chi connectivity index (χ0v) is 19.4. The Balaban J connectivity index is 1.11. The maximum Gasteiger partial charge on any atom is 0.310 e. The van der Waals surface area contributed by atoms with Gasteiger partial charge in [0.1, 0.15) is 5.60 Å². The van der Waals surface area contributed by atoms with Crippen LogP contribution in [0.4, 0.5) is 5.69 Å². The summed E-state index contributed by atoms with van der Waals surface area (Å²) in [6, 6.07) is 6.92. The van der Waals surface area contributed by atoms with Crippen molar-refractivity contribution in [3.63, 3.8) is 0 Å². The number of nitrogens with one attached hydrogen (secondary N) is 1. The zero-order valence-electron chi connectivity index (χ0n) is 19.4. The summed E-state index contributed by atoms with van der Waals surface area (Å²) in [4.78, 5) is 26.9. The number of carbonyl (C=O) groups excluding carboxylic acids is 1. The number of carboxylic acids is 1.